The first kappa shape index (κ1) is 25.4. The van der Waals surface area contributed by atoms with Crippen LogP contribution in [0.5, 0.6) is 5.88 Å². The summed E-state index contributed by atoms with van der Waals surface area (Å²) in [5, 5.41) is 9.12. The van der Waals surface area contributed by atoms with Gasteiger partial charge in [-0.3, -0.25) is 4.90 Å². The van der Waals surface area contributed by atoms with Crippen LogP contribution in [0, 0.1) is 11.3 Å². The van der Waals surface area contributed by atoms with Gasteiger partial charge in [-0.15, -0.1) is 0 Å². The molecule has 1 saturated carbocycles. The second kappa shape index (κ2) is 11.4. The van der Waals surface area contributed by atoms with Crippen molar-refractivity contribution in [1.82, 2.24) is 19.8 Å². The molecule has 0 unspecified atom stereocenters. The van der Waals surface area contributed by atoms with Gasteiger partial charge in [-0.1, -0.05) is 0 Å². The average molecular weight is 498 g/mol. The number of nitrogens with zero attached hydrogens (tertiary/aromatic N) is 5. The predicted molar refractivity (Wildman–Crippen MR) is 116 cm³/mol. The maximum absolute atomic E-state index is 12.5. The summed E-state index contributed by atoms with van der Waals surface area (Å²) in [6.07, 6.45) is 2.99. The summed E-state index contributed by atoms with van der Waals surface area (Å²) in [6, 6.07) is 1.99. The van der Waals surface area contributed by atoms with E-state index in [1.165, 1.54) is 17.3 Å². The van der Waals surface area contributed by atoms with Gasteiger partial charge in [0.25, 0.3) is 5.88 Å². The van der Waals surface area contributed by atoms with Crippen LogP contribution in [0.1, 0.15) is 50.6 Å². The number of hydrogen-bond acceptors (Lipinski definition) is 8. The molecule has 3 fully saturated rings. The molecule has 9 nitrogen and oxygen atoms in total. The number of nitriles is 1. The molecule has 1 amide bonds. The minimum Gasteiger partial charge on any atom is -0.472 e. The van der Waals surface area contributed by atoms with E-state index >= 15 is 0 Å². The zero-order valence-electron chi connectivity index (χ0n) is 19.5. The molecule has 1 aromatic heterocycles. The summed E-state index contributed by atoms with van der Waals surface area (Å²) in [4.78, 5) is 23.4. The van der Waals surface area contributed by atoms with Crippen molar-refractivity contribution in [3.05, 3.63) is 18.1 Å². The second-order valence-corrected chi connectivity index (χ2v) is 9.31. The third-order valence-electron chi connectivity index (χ3n) is 6.65. The number of halogens is 3. The van der Waals surface area contributed by atoms with Crippen LogP contribution in [0.3, 0.4) is 0 Å². The fraction of sp³-hybridized carbons (Fsp3) is 0.739. The van der Waals surface area contributed by atoms with Crippen LogP contribution in [0.15, 0.2) is 12.4 Å². The van der Waals surface area contributed by atoms with E-state index in [0.717, 1.165) is 25.7 Å². The standard InChI is InChI=1S/C23H30F3N5O4/c24-23(25,26)15-30-10-5-19(14-30)35-22(32)31-11-6-18(7-12-31)33-16-1-3-17(4-2-16)34-21-20(13-27)28-8-9-29-21/h8-9,16-19H,1-7,10-12,14-15H2/t16?,17?,19-/m0/s1. The van der Waals surface area contributed by atoms with Crippen molar-refractivity contribution in [3.63, 3.8) is 0 Å². The molecule has 2 aliphatic heterocycles. The first-order chi connectivity index (χ1) is 16.8. The van der Waals surface area contributed by atoms with Gasteiger partial charge in [0.2, 0.25) is 5.69 Å². The molecule has 0 N–H and O–H groups in total. The molecule has 4 rings (SSSR count). The van der Waals surface area contributed by atoms with Crippen LogP contribution in [-0.4, -0.2) is 89.2 Å². The highest BCUT2D eigenvalue weighted by Gasteiger charge is 2.36. The Balaban J connectivity index is 1.13. The van der Waals surface area contributed by atoms with Crippen LogP contribution in [0.25, 0.3) is 0 Å². The molecule has 0 radical (unpaired) electrons. The predicted octanol–water partition coefficient (Wildman–Crippen LogP) is 3.29. The summed E-state index contributed by atoms with van der Waals surface area (Å²) in [6.45, 7) is 0.430. The van der Waals surface area contributed by atoms with Gasteiger partial charge in [0.15, 0.2) is 0 Å². The van der Waals surface area contributed by atoms with E-state index in [1.54, 1.807) is 4.90 Å². The highest BCUT2D eigenvalue weighted by molar-refractivity contribution is 5.68. The normalized spacial score (nSPS) is 26.3. The van der Waals surface area contributed by atoms with Gasteiger partial charge in [0.05, 0.1) is 18.8 Å². The molecule has 1 aliphatic carbocycles. The highest BCUT2D eigenvalue weighted by atomic mass is 19.4. The zero-order chi connectivity index (χ0) is 24.8. The molecule has 12 heteroatoms. The van der Waals surface area contributed by atoms with E-state index in [0.29, 0.717) is 32.4 Å². The third-order valence-corrected chi connectivity index (χ3v) is 6.65. The maximum Gasteiger partial charge on any atom is 0.410 e. The topological polar surface area (TPSA) is 101 Å². The molecule has 3 heterocycles. The molecule has 0 spiro atoms. The number of likely N-dealkylation sites (tertiary alicyclic amines) is 2. The number of ether oxygens (including phenoxy) is 3. The molecule has 35 heavy (non-hydrogen) atoms. The Morgan fingerprint density at radius 1 is 0.971 bits per heavy atom. The van der Waals surface area contributed by atoms with Gasteiger partial charge in [-0.2, -0.15) is 18.4 Å². The Bertz CT molecular complexity index is 896. The van der Waals surface area contributed by atoms with Crippen LogP contribution in [0.4, 0.5) is 18.0 Å². The fourth-order valence-corrected chi connectivity index (χ4v) is 4.89. The quantitative estimate of drug-likeness (QED) is 0.590. The van der Waals surface area contributed by atoms with Crippen molar-refractivity contribution < 1.29 is 32.2 Å². The van der Waals surface area contributed by atoms with Crippen molar-refractivity contribution >= 4 is 6.09 Å². The van der Waals surface area contributed by atoms with Crippen molar-refractivity contribution in [2.75, 3.05) is 32.7 Å². The lowest BCUT2D eigenvalue weighted by Gasteiger charge is -2.36. The fourth-order valence-electron chi connectivity index (χ4n) is 4.89. The lowest BCUT2D eigenvalue weighted by molar-refractivity contribution is -0.144. The van der Waals surface area contributed by atoms with Crippen molar-refractivity contribution in [2.45, 2.75) is 75.5 Å². The first-order valence-corrected chi connectivity index (χ1v) is 12.1. The molecule has 0 aromatic carbocycles. The van der Waals surface area contributed by atoms with Crippen molar-refractivity contribution in [3.8, 4) is 11.9 Å². The van der Waals surface area contributed by atoms with Crippen LogP contribution < -0.4 is 4.74 Å². The lowest BCUT2D eigenvalue weighted by atomic mass is 9.94. The largest absolute Gasteiger partial charge is 0.472 e. The molecule has 1 aromatic rings. The molecule has 0 bridgehead atoms. The maximum atomic E-state index is 12.5. The zero-order valence-corrected chi connectivity index (χ0v) is 19.5. The Kier molecular flexibility index (Phi) is 8.28. The summed E-state index contributed by atoms with van der Waals surface area (Å²) < 4.78 is 55.2. The van der Waals surface area contributed by atoms with Crippen LogP contribution in [-0.2, 0) is 9.47 Å². The molecular formula is C23H30F3N5O4. The van der Waals surface area contributed by atoms with Gasteiger partial charge >= 0.3 is 12.3 Å². The molecule has 3 aliphatic rings. The third kappa shape index (κ3) is 7.41. The first-order valence-electron chi connectivity index (χ1n) is 12.1. The van der Waals surface area contributed by atoms with E-state index in [2.05, 4.69) is 9.97 Å². The second-order valence-electron chi connectivity index (χ2n) is 9.31. The molecular weight excluding hydrogens is 467 g/mol. The minimum absolute atomic E-state index is 0.0297. The highest BCUT2D eigenvalue weighted by Crippen LogP contribution is 2.28. The number of amides is 1. The van der Waals surface area contributed by atoms with E-state index in [-0.39, 0.29) is 43.0 Å². The van der Waals surface area contributed by atoms with E-state index in [1.807, 2.05) is 6.07 Å². The Labute approximate surface area is 202 Å². The summed E-state index contributed by atoms with van der Waals surface area (Å²) >= 11 is 0. The number of carbonyl (C=O) groups excluding carboxylic acids is 1. The van der Waals surface area contributed by atoms with Gasteiger partial charge in [0.1, 0.15) is 18.3 Å². The smallest absolute Gasteiger partial charge is 0.410 e. The van der Waals surface area contributed by atoms with Gasteiger partial charge in [-0.05, 0) is 44.9 Å². The summed E-state index contributed by atoms with van der Waals surface area (Å²) in [5.41, 5.74) is 0.183. The van der Waals surface area contributed by atoms with Crippen LogP contribution in [0.2, 0.25) is 0 Å². The minimum atomic E-state index is -4.25. The van der Waals surface area contributed by atoms with E-state index in [4.69, 9.17) is 19.5 Å². The molecule has 192 valence electrons. The van der Waals surface area contributed by atoms with Crippen LogP contribution >= 0.6 is 0 Å². The number of aromatic nitrogens is 2. The average Bonchev–Trinajstić information content (AvgIpc) is 3.26. The van der Waals surface area contributed by atoms with Crippen molar-refractivity contribution in [2.24, 2.45) is 0 Å². The van der Waals surface area contributed by atoms with Gasteiger partial charge in [-0.25, -0.2) is 14.8 Å². The van der Waals surface area contributed by atoms with E-state index < -0.39 is 24.9 Å². The Morgan fingerprint density at radius 2 is 1.60 bits per heavy atom. The monoisotopic (exact) mass is 497 g/mol. The van der Waals surface area contributed by atoms with Gasteiger partial charge in [0, 0.05) is 38.6 Å². The number of carbonyl (C=O) groups is 1. The molecule has 1 atom stereocenters. The lowest BCUT2D eigenvalue weighted by Crippen LogP contribution is -2.44. The van der Waals surface area contributed by atoms with Crippen molar-refractivity contribution in [1.29, 1.82) is 5.26 Å². The number of piperidine rings is 1. The SMILES string of the molecule is N#Cc1nccnc1OC1CCC(OC2CCN(C(=O)O[C@H]3CCN(CC(F)(F)F)C3)CC2)CC1. The van der Waals surface area contributed by atoms with E-state index in [9.17, 15) is 18.0 Å². The number of alkyl halides is 3. The Morgan fingerprint density at radius 3 is 2.29 bits per heavy atom. The molecule has 2 saturated heterocycles. The summed E-state index contributed by atoms with van der Waals surface area (Å²) in [7, 11) is 0. The Hall–Kier alpha value is -2.65. The number of hydrogen-bond donors (Lipinski definition) is 0. The van der Waals surface area contributed by atoms with Gasteiger partial charge < -0.3 is 19.1 Å². The summed E-state index contributed by atoms with van der Waals surface area (Å²) in [5.74, 6) is 0.268. The number of rotatable bonds is 6.